The largest absolute Gasteiger partial charge is 0.355 e. The number of benzene rings is 1. The molecule has 0 aliphatic carbocycles. The lowest BCUT2D eigenvalue weighted by Crippen LogP contribution is -2.22. The summed E-state index contributed by atoms with van der Waals surface area (Å²) in [6, 6.07) is 10.4. The third kappa shape index (κ3) is 2.11. The summed E-state index contributed by atoms with van der Waals surface area (Å²) in [6.07, 6.45) is 1.54. The summed E-state index contributed by atoms with van der Waals surface area (Å²) in [4.78, 5) is 10.8. The maximum Gasteiger partial charge on any atom is 0.254 e. The van der Waals surface area contributed by atoms with Gasteiger partial charge in [-0.3, -0.25) is 0 Å². The lowest BCUT2D eigenvalue weighted by molar-refractivity contribution is 0.817. The molecule has 5 heteroatoms. The molecule has 0 amide bonds. The molecule has 0 bridgehead atoms. The quantitative estimate of drug-likeness (QED) is 0.731. The predicted octanol–water partition coefficient (Wildman–Crippen LogP) is 2.38. The monoisotopic (exact) mass is 267 g/mol. The van der Waals surface area contributed by atoms with Gasteiger partial charge in [-0.2, -0.15) is 14.6 Å². The summed E-state index contributed by atoms with van der Waals surface area (Å²) >= 11 is 0. The molecule has 2 aromatic heterocycles. The van der Waals surface area contributed by atoms with Crippen molar-refractivity contribution in [3.05, 3.63) is 53.5 Å². The molecule has 3 rings (SSSR count). The van der Waals surface area contributed by atoms with Crippen LogP contribution in [-0.4, -0.2) is 26.6 Å². The van der Waals surface area contributed by atoms with Crippen molar-refractivity contribution >= 4 is 11.6 Å². The van der Waals surface area contributed by atoms with E-state index in [1.807, 2.05) is 13.0 Å². The highest BCUT2D eigenvalue weighted by Gasteiger charge is 2.14. The highest BCUT2D eigenvalue weighted by Crippen LogP contribution is 2.22. The number of hydrogen-bond acceptors (Lipinski definition) is 4. The van der Waals surface area contributed by atoms with Gasteiger partial charge in [0.15, 0.2) is 0 Å². The standard InChI is InChI=1S/C15H17N5/c1-11-12(2)18-15-16-10-17-20(15)14(11)19(3)9-13-7-5-4-6-8-13/h4-8,10H,9H2,1-3H3. The lowest BCUT2D eigenvalue weighted by atomic mass is 10.2. The Kier molecular flexibility index (Phi) is 3.10. The molecule has 102 valence electrons. The summed E-state index contributed by atoms with van der Waals surface area (Å²) in [7, 11) is 2.07. The van der Waals surface area contributed by atoms with Crippen LogP contribution in [0.15, 0.2) is 36.7 Å². The fourth-order valence-corrected chi connectivity index (χ4v) is 2.40. The number of aryl methyl sites for hydroxylation is 1. The molecule has 0 atom stereocenters. The van der Waals surface area contributed by atoms with Crippen molar-refractivity contribution in [3.8, 4) is 0 Å². The van der Waals surface area contributed by atoms with Crippen LogP contribution in [0, 0.1) is 13.8 Å². The van der Waals surface area contributed by atoms with E-state index in [0.717, 1.165) is 23.6 Å². The van der Waals surface area contributed by atoms with E-state index in [-0.39, 0.29) is 0 Å². The average molecular weight is 267 g/mol. The number of hydrogen-bond donors (Lipinski definition) is 0. The van der Waals surface area contributed by atoms with E-state index >= 15 is 0 Å². The van der Waals surface area contributed by atoms with Crippen molar-refractivity contribution in [2.75, 3.05) is 11.9 Å². The SMILES string of the molecule is Cc1nc2ncnn2c(N(C)Cc2ccccc2)c1C. The molecule has 3 aromatic rings. The Labute approximate surface area is 117 Å². The number of nitrogens with zero attached hydrogens (tertiary/aromatic N) is 5. The topological polar surface area (TPSA) is 46.3 Å². The molecule has 0 fully saturated rings. The third-order valence-electron chi connectivity index (χ3n) is 3.50. The maximum atomic E-state index is 4.45. The van der Waals surface area contributed by atoms with Crippen molar-refractivity contribution in [3.63, 3.8) is 0 Å². The Balaban J connectivity index is 2.04. The fraction of sp³-hybridized carbons (Fsp3) is 0.267. The smallest absolute Gasteiger partial charge is 0.254 e. The van der Waals surface area contributed by atoms with Crippen LogP contribution in [0.1, 0.15) is 16.8 Å². The minimum atomic E-state index is 0.642. The Hall–Kier alpha value is -2.43. The molecule has 0 aliphatic heterocycles. The molecule has 1 aromatic carbocycles. The zero-order valence-corrected chi connectivity index (χ0v) is 11.9. The summed E-state index contributed by atoms with van der Waals surface area (Å²) in [5, 5.41) is 4.28. The van der Waals surface area contributed by atoms with Gasteiger partial charge in [-0.15, -0.1) is 0 Å². The molecule has 2 heterocycles. The Morgan fingerprint density at radius 1 is 1.15 bits per heavy atom. The van der Waals surface area contributed by atoms with E-state index in [0.29, 0.717) is 5.78 Å². The van der Waals surface area contributed by atoms with E-state index in [1.165, 1.54) is 5.56 Å². The van der Waals surface area contributed by atoms with Gasteiger partial charge in [0.25, 0.3) is 5.78 Å². The third-order valence-corrected chi connectivity index (χ3v) is 3.50. The first-order valence-corrected chi connectivity index (χ1v) is 6.59. The van der Waals surface area contributed by atoms with Gasteiger partial charge in [0.2, 0.25) is 0 Å². The van der Waals surface area contributed by atoms with E-state index in [4.69, 9.17) is 0 Å². The Morgan fingerprint density at radius 3 is 2.65 bits per heavy atom. The first-order chi connectivity index (χ1) is 9.66. The van der Waals surface area contributed by atoms with Crippen LogP contribution in [0.5, 0.6) is 0 Å². The minimum absolute atomic E-state index is 0.642. The van der Waals surface area contributed by atoms with Crippen molar-refractivity contribution in [1.82, 2.24) is 19.6 Å². The van der Waals surface area contributed by atoms with Crippen molar-refractivity contribution < 1.29 is 0 Å². The molecule has 0 unspecified atom stereocenters. The summed E-state index contributed by atoms with van der Waals surface area (Å²) < 4.78 is 1.80. The van der Waals surface area contributed by atoms with Gasteiger partial charge in [0.05, 0.1) is 0 Å². The summed E-state index contributed by atoms with van der Waals surface area (Å²) in [5.74, 6) is 1.68. The van der Waals surface area contributed by atoms with Crippen LogP contribution < -0.4 is 4.90 Å². The maximum absolute atomic E-state index is 4.45. The lowest BCUT2D eigenvalue weighted by Gasteiger charge is -2.22. The first kappa shape index (κ1) is 12.6. The second kappa shape index (κ2) is 4.92. The van der Waals surface area contributed by atoms with Crippen molar-refractivity contribution in [2.24, 2.45) is 0 Å². The van der Waals surface area contributed by atoms with Gasteiger partial charge in [-0.05, 0) is 19.4 Å². The van der Waals surface area contributed by atoms with Gasteiger partial charge in [-0.1, -0.05) is 30.3 Å². The summed E-state index contributed by atoms with van der Waals surface area (Å²) in [6.45, 7) is 4.89. The molecule has 0 saturated carbocycles. The Bertz CT molecular complexity index is 733. The van der Waals surface area contributed by atoms with E-state index in [2.05, 4.69) is 58.2 Å². The molecule has 5 nitrogen and oxygen atoms in total. The van der Waals surface area contributed by atoms with Crippen LogP contribution in [-0.2, 0) is 6.54 Å². The van der Waals surface area contributed by atoms with Gasteiger partial charge in [0, 0.05) is 24.8 Å². The predicted molar refractivity (Wildman–Crippen MR) is 78.8 cm³/mol. The zero-order valence-electron chi connectivity index (χ0n) is 11.9. The van der Waals surface area contributed by atoms with Crippen molar-refractivity contribution in [2.45, 2.75) is 20.4 Å². The van der Waals surface area contributed by atoms with E-state index in [9.17, 15) is 0 Å². The van der Waals surface area contributed by atoms with Crippen LogP contribution in [0.3, 0.4) is 0 Å². The molecule has 0 radical (unpaired) electrons. The van der Waals surface area contributed by atoms with Crippen LogP contribution >= 0.6 is 0 Å². The zero-order chi connectivity index (χ0) is 14.1. The molecule has 0 aliphatic rings. The highest BCUT2D eigenvalue weighted by atomic mass is 15.4. The van der Waals surface area contributed by atoms with E-state index in [1.54, 1.807) is 10.8 Å². The van der Waals surface area contributed by atoms with Crippen LogP contribution in [0.25, 0.3) is 5.78 Å². The van der Waals surface area contributed by atoms with Gasteiger partial charge < -0.3 is 4.90 Å². The minimum Gasteiger partial charge on any atom is -0.355 e. The first-order valence-electron chi connectivity index (χ1n) is 6.59. The normalized spacial score (nSPS) is 10.9. The van der Waals surface area contributed by atoms with Gasteiger partial charge in [0.1, 0.15) is 12.1 Å². The van der Waals surface area contributed by atoms with Crippen molar-refractivity contribution in [1.29, 1.82) is 0 Å². The highest BCUT2D eigenvalue weighted by molar-refractivity contribution is 5.53. The Morgan fingerprint density at radius 2 is 1.90 bits per heavy atom. The van der Waals surface area contributed by atoms with Crippen LogP contribution in [0.4, 0.5) is 5.82 Å². The average Bonchev–Trinajstić information content (AvgIpc) is 2.88. The number of fused-ring (bicyclic) bond motifs is 1. The number of rotatable bonds is 3. The molecule has 20 heavy (non-hydrogen) atoms. The van der Waals surface area contributed by atoms with Crippen LogP contribution in [0.2, 0.25) is 0 Å². The summed E-state index contributed by atoms with van der Waals surface area (Å²) in [5.41, 5.74) is 3.37. The molecule has 0 N–H and O–H groups in total. The molecular weight excluding hydrogens is 250 g/mol. The molecule has 0 saturated heterocycles. The molecular formula is C15H17N5. The number of anilines is 1. The van der Waals surface area contributed by atoms with Gasteiger partial charge >= 0.3 is 0 Å². The fourth-order valence-electron chi connectivity index (χ4n) is 2.40. The van der Waals surface area contributed by atoms with E-state index < -0.39 is 0 Å². The second-order valence-corrected chi connectivity index (χ2v) is 4.96. The number of aromatic nitrogens is 4. The second-order valence-electron chi connectivity index (χ2n) is 4.96. The van der Waals surface area contributed by atoms with Gasteiger partial charge in [-0.25, -0.2) is 4.98 Å². The molecule has 0 spiro atoms.